The predicted molar refractivity (Wildman–Crippen MR) is 276 cm³/mol. The number of nitrogens with zero attached hydrogens (tertiary/aromatic N) is 3. The molecule has 2 fully saturated rings. The molecule has 6 aromatic rings. The summed E-state index contributed by atoms with van der Waals surface area (Å²) >= 11 is 0. The molecule has 0 bridgehead atoms. The van der Waals surface area contributed by atoms with Gasteiger partial charge in [0.15, 0.2) is 0 Å². The number of aromatic nitrogens is 3. The maximum absolute atomic E-state index is 15.1. The standard InChI is InChI=1S/C32H32FNO3.C29H27FN2O5/c1-3-4-24(17-21(2)35)23-7-5-22(6-8-23)18-25-9-11-29-28(12-13-30(33)32(25)29)26-10-14-31(34-19-26)37-27-15-16-36-20-27;1-2-3-18(14-28(33)34)19-4-10-27(31-15-19)37-25-9-7-23-22(6-8-24(30)29(23)25)20-5-11-26(32-16-20)36-21-12-13-35-17-21/h5-8,10,12-14,19,24-25,27H,9,11,15-18,20H2,1-2H3;4-6,8,10-11,15-16,18,21,25H,7,9,12-14,17H2,1H3,(H,33,34)/t24-,25-,27+;18?,21-,25-/m01/s1. The van der Waals surface area contributed by atoms with Gasteiger partial charge < -0.3 is 28.8 Å². The summed E-state index contributed by atoms with van der Waals surface area (Å²) in [7, 11) is 0. The Balaban J connectivity index is 0.000000182. The normalized spacial score (nSPS) is 19.0. The van der Waals surface area contributed by atoms with E-state index in [1.165, 1.54) is 6.07 Å². The molecule has 2 aliphatic heterocycles. The first-order valence-electron chi connectivity index (χ1n) is 25.3. The number of benzene rings is 3. The molecule has 0 radical (unpaired) electrons. The Kier molecular flexibility index (Phi) is 16.7. The first-order chi connectivity index (χ1) is 36.0. The van der Waals surface area contributed by atoms with Crippen molar-refractivity contribution in [1.82, 2.24) is 15.0 Å². The van der Waals surface area contributed by atoms with E-state index in [9.17, 15) is 14.0 Å². The van der Waals surface area contributed by atoms with Gasteiger partial charge in [-0.05, 0) is 128 Å². The van der Waals surface area contributed by atoms with Gasteiger partial charge in [0, 0.05) is 72.7 Å². The maximum atomic E-state index is 15.1. The van der Waals surface area contributed by atoms with Crippen LogP contribution in [0.2, 0.25) is 0 Å². The van der Waals surface area contributed by atoms with Crippen molar-refractivity contribution in [3.8, 4) is 63.6 Å². The number of pyridine rings is 3. The van der Waals surface area contributed by atoms with Crippen molar-refractivity contribution in [1.29, 1.82) is 0 Å². The van der Waals surface area contributed by atoms with Crippen LogP contribution in [0.4, 0.5) is 8.78 Å². The van der Waals surface area contributed by atoms with E-state index in [2.05, 4.69) is 62.9 Å². The van der Waals surface area contributed by atoms with Crippen LogP contribution in [-0.4, -0.2) is 70.4 Å². The summed E-state index contributed by atoms with van der Waals surface area (Å²) in [6.45, 7) is 7.67. The molecule has 4 aliphatic rings. The van der Waals surface area contributed by atoms with Gasteiger partial charge in [-0.15, -0.1) is 11.8 Å². The molecule has 74 heavy (non-hydrogen) atoms. The summed E-state index contributed by atoms with van der Waals surface area (Å²) in [6.07, 6.45) is 10.6. The van der Waals surface area contributed by atoms with Gasteiger partial charge in [0.25, 0.3) is 0 Å². The molecule has 13 heteroatoms. The van der Waals surface area contributed by atoms with E-state index in [1.54, 1.807) is 57.4 Å². The van der Waals surface area contributed by atoms with Crippen LogP contribution in [0.1, 0.15) is 122 Å². The number of Topliss-reactive ketones (excluding diaryl/α,β-unsaturated/α-hetero) is 1. The number of fused-ring (bicyclic) bond motifs is 2. The lowest BCUT2D eigenvalue weighted by molar-refractivity contribution is -0.137. The molecule has 0 saturated carbocycles. The first kappa shape index (κ1) is 51.5. The second-order valence-electron chi connectivity index (χ2n) is 19.1. The Morgan fingerprint density at radius 3 is 1.68 bits per heavy atom. The molecule has 2 aliphatic carbocycles. The number of hydrogen-bond acceptors (Lipinski definition) is 10. The van der Waals surface area contributed by atoms with E-state index in [4.69, 9.17) is 28.8 Å². The van der Waals surface area contributed by atoms with Gasteiger partial charge in [0.2, 0.25) is 17.6 Å². The number of halogens is 2. The lowest BCUT2D eigenvalue weighted by atomic mass is 9.89. The summed E-state index contributed by atoms with van der Waals surface area (Å²) in [5.74, 6) is 11.6. The largest absolute Gasteiger partial charge is 0.481 e. The zero-order valence-corrected chi connectivity index (χ0v) is 41.9. The third kappa shape index (κ3) is 12.5. The van der Waals surface area contributed by atoms with Gasteiger partial charge in [-0.2, -0.15) is 0 Å². The van der Waals surface area contributed by atoms with E-state index in [0.717, 1.165) is 88.8 Å². The highest BCUT2D eigenvalue weighted by molar-refractivity contribution is 5.77. The molecule has 0 spiro atoms. The molecular weight excluding hydrogens is 941 g/mol. The van der Waals surface area contributed by atoms with E-state index < -0.39 is 18.0 Å². The topological polar surface area (TPSA) is 139 Å². The first-order valence-corrected chi connectivity index (χ1v) is 25.3. The minimum absolute atomic E-state index is 0.0247. The molecule has 380 valence electrons. The van der Waals surface area contributed by atoms with Crippen molar-refractivity contribution in [3.63, 3.8) is 0 Å². The molecular formula is C61H59F2N3O8. The monoisotopic (exact) mass is 999 g/mol. The molecule has 10 rings (SSSR count). The molecule has 1 N–H and O–H groups in total. The van der Waals surface area contributed by atoms with Crippen LogP contribution in [0.15, 0.2) is 104 Å². The number of rotatable bonds is 16. The molecule has 3 aromatic heterocycles. The molecule has 5 heterocycles. The highest BCUT2D eigenvalue weighted by atomic mass is 19.1. The van der Waals surface area contributed by atoms with Crippen LogP contribution >= 0.6 is 0 Å². The Morgan fingerprint density at radius 1 is 0.635 bits per heavy atom. The lowest BCUT2D eigenvalue weighted by Gasteiger charge is -2.17. The van der Waals surface area contributed by atoms with Crippen molar-refractivity contribution in [2.75, 3.05) is 26.4 Å². The Labute approximate surface area is 431 Å². The van der Waals surface area contributed by atoms with Crippen LogP contribution in [-0.2, 0) is 38.3 Å². The Morgan fingerprint density at radius 2 is 1.16 bits per heavy atom. The Hall–Kier alpha value is -7.45. The van der Waals surface area contributed by atoms with Crippen molar-refractivity contribution in [2.45, 2.75) is 115 Å². The molecule has 1 unspecified atom stereocenters. The third-order valence-corrected chi connectivity index (χ3v) is 14.0. The minimum atomic E-state index is -0.928. The average molecular weight is 1000 g/mol. The molecule has 6 atom stereocenters. The average Bonchev–Trinajstić information content (AvgIpc) is 4.26. The number of ketones is 1. The van der Waals surface area contributed by atoms with Crippen LogP contribution in [0.25, 0.3) is 22.3 Å². The highest BCUT2D eigenvalue weighted by Gasteiger charge is 2.32. The quantitative estimate of drug-likeness (QED) is 0.0927. The minimum Gasteiger partial charge on any atom is -0.481 e. The van der Waals surface area contributed by atoms with E-state index in [0.29, 0.717) is 67.8 Å². The van der Waals surface area contributed by atoms with Crippen molar-refractivity contribution >= 4 is 11.8 Å². The lowest BCUT2D eigenvalue weighted by Crippen LogP contribution is -2.16. The summed E-state index contributed by atoms with van der Waals surface area (Å²) in [5.41, 5.74) is 10.1. The van der Waals surface area contributed by atoms with Gasteiger partial charge >= 0.3 is 5.97 Å². The van der Waals surface area contributed by atoms with Gasteiger partial charge in [-0.25, -0.2) is 23.7 Å². The molecule has 2 saturated heterocycles. The van der Waals surface area contributed by atoms with Crippen molar-refractivity contribution < 1.29 is 47.2 Å². The van der Waals surface area contributed by atoms with E-state index >= 15 is 4.39 Å². The molecule has 11 nitrogen and oxygen atoms in total. The fourth-order valence-corrected chi connectivity index (χ4v) is 10.4. The number of hydrogen-bond donors (Lipinski definition) is 1. The van der Waals surface area contributed by atoms with Gasteiger partial charge in [0.1, 0.15) is 35.7 Å². The van der Waals surface area contributed by atoms with E-state index in [1.807, 2.05) is 36.5 Å². The number of carboxylic acid groups (broad SMARTS) is 1. The molecule has 3 aromatic carbocycles. The second kappa shape index (κ2) is 24.1. The van der Waals surface area contributed by atoms with Crippen molar-refractivity contribution in [3.05, 3.63) is 154 Å². The van der Waals surface area contributed by atoms with E-state index in [-0.39, 0.29) is 47.9 Å². The van der Waals surface area contributed by atoms with Gasteiger partial charge in [0.05, 0.1) is 44.7 Å². The third-order valence-electron chi connectivity index (χ3n) is 14.0. The predicted octanol–water partition coefficient (Wildman–Crippen LogP) is 11.5. The van der Waals surface area contributed by atoms with Crippen LogP contribution in [0, 0.1) is 35.3 Å². The fraction of sp³-hybridized carbons (Fsp3) is 0.361. The number of ether oxygens (including phenoxy) is 5. The SMILES string of the molecule is CC#CC(CC(=O)O)c1ccc(O[C@@H]2CCc3c(-c4ccc(O[C@@H]5CCOC5)nc4)ccc(F)c32)nc1.CC#C[C@@H](CC(C)=O)c1ccc(C[C@@H]2CCc3c(-c4ccc(O[C@@H]5CCOC5)nc4)ccc(F)c32)cc1. The van der Waals surface area contributed by atoms with Crippen LogP contribution in [0.5, 0.6) is 17.6 Å². The van der Waals surface area contributed by atoms with Gasteiger partial charge in [-0.3, -0.25) is 9.59 Å². The second-order valence-corrected chi connectivity index (χ2v) is 19.1. The zero-order chi connectivity index (χ0) is 51.6. The summed E-state index contributed by atoms with van der Waals surface area (Å²) < 4.78 is 58.7. The number of aliphatic carboxylic acids is 1. The smallest absolute Gasteiger partial charge is 0.304 e. The van der Waals surface area contributed by atoms with Crippen molar-refractivity contribution in [2.24, 2.45) is 0 Å². The fourth-order valence-electron chi connectivity index (χ4n) is 10.4. The number of carboxylic acids is 1. The van der Waals surface area contributed by atoms with Gasteiger partial charge in [-0.1, -0.05) is 54.3 Å². The molecule has 0 amide bonds. The summed E-state index contributed by atoms with van der Waals surface area (Å²) in [6, 6.07) is 26.1. The van der Waals surface area contributed by atoms with Crippen LogP contribution < -0.4 is 14.2 Å². The zero-order valence-electron chi connectivity index (χ0n) is 41.9. The summed E-state index contributed by atoms with van der Waals surface area (Å²) in [5, 5.41) is 9.15. The summed E-state index contributed by atoms with van der Waals surface area (Å²) in [4.78, 5) is 36.1. The Bertz CT molecular complexity index is 2850. The number of carbonyl (C=O) groups excluding carboxylic acids is 1. The number of carbonyl (C=O) groups is 2. The van der Waals surface area contributed by atoms with Crippen LogP contribution in [0.3, 0.4) is 0 Å². The maximum Gasteiger partial charge on any atom is 0.304 e. The highest BCUT2D eigenvalue weighted by Crippen LogP contribution is 2.44.